The van der Waals surface area contributed by atoms with Gasteiger partial charge in [-0.05, 0) is 31.9 Å². The lowest BCUT2D eigenvalue weighted by atomic mass is 10.1. The number of amides is 1. The molecule has 0 aromatic carbocycles. The van der Waals surface area contributed by atoms with E-state index in [0.717, 1.165) is 31.7 Å². The number of carbonyl (C=O) groups excluding carboxylic acids is 1. The zero-order valence-corrected chi connectivity index (χ0v) is 11.4. The normalized spacial score (nSPS) is 16.4. The van der Waals surface area contributed by atoms with Gasteiger partial charge >= 0.3 is 0 Å². The number of aromatic nitrogens is 1. The standard InChI is InChI=1S/C14H22N4O/c1-2-15-14(19)11-17-12-6-9-18(10-7-12)13-5-3-4-8-16-13/h3-5,8,12,17H,2,6-7,9-11H2,1H3,(H,15,19). The van der Waals surface area contributed by atoms with Crippen molar-refractivity contribution in [2.24, 2.45) is 0 Å². The number of carbonyl (C=O) groups is 1. The van der Waals surface area contributed by atoms with Gasteiger partial charge in [0, 0.05) is 31.9 Å². The number of pyridine rings is 1. The molecule has 0 radical (unpaired) electrons. The Hall–Kier alpha value is -1.62. The number of rotatable bonds is 5. The van der Waals surface area contributed by atoms with Crippen LogP contribution in [0.3, 0.4) is 0 Å². The SMILES string of the molecule is CCNC(=O)CNC1CCN(c2ccccn2)CC1. The number of nitrogens with one attached hydrogen (secondary N) is 2. The van der Waals surface area contributed by atoms with Crippen molar-refractivity contribution in [1.29, 1.82) is 0 Å². The maximum atomic E-state index is 11.4. The van der Waals surface area contributed by atoms with Gasteiger partial charge in [-0.2, -0.15) is 0 Å². The smallest absolute Gasteiger partial charge is 0.233 e. The first-order valence-corrected chi connectivity index (χ1v) is 6.95. The van der Waals surface area contributed by atoms with E-state index in [1.807, 2.05) is 31.3 Å². The Balaban J connectivity index is 1.72. The van der Waals surface area contributed by atoms with Gasteiger partial charge in [0.15, 0.2) is 0 Å². The van der Waals surface area contributed by atoms with E-state index >= 15 is 0 Å². The van der Waals surface area contributed by atoms with Gasteiger partial charge in [0.1, 0.15) is 5.82 Å². The maximum Gasteiger partial charge on any atom is 0.233 e. The molecule has 5 nitrogen and oxygen atoms in total. The largest absolute Gasteiger partial charge is 0.357 e. The molecular formula is C14H22N4O. The Morgan fingerprint density at radius 3 is 2.84 bits per heavy atom. The summed E-state index contributed by atoms with van der Waals surface area (Å²) in [4.78, 5) is 18.0. The predicted molar refractivity (Wildman–Crippen MR) is 76.2 cm³/mol. The van der Waals surface area contributed by atoms with Crippen molar-refractivity contribution < 1.29 is 4.79 Å². The minimum atomic E-state index is 0.0784. The number of nitrogens with zero attached hydrogens (tertiary/aromatic N) is 2. The van der Waals surface area contributed by atoms with Gasteiger partial charge in [0.25, 0.3) is 0 Å². The molecule has 2 N–H and O–H groups in total. The first-order chi connectivity index (χ1) is 9.29. The highest BCUT2D eigenvalue weighted by Gasteiger charge is 2.19. The van der Waals surface area contributed by atoms with Crippen molar-refractivity contribution in [3.63, 3.8) is 0 Å². The summed E-state index contributed by atoms with van der Waals surface area (Å²) in [5, 5.41) is 6.12. The van der Waals surface area contributed by atoms with Crippen LogP contribution in [0.25, 0.3) is 0 Å². The minimum Gasteiger partial charge on any atom is -0.357 e. The Morgan fingerprint density at radius 2 is 2.21 bits per heavy atom. The van der Waals surface area contributed by atoms with Crippen LogP contribution in [-0.4, -0.2) is 43.1 Å². The fourth-order valence-electron chi connectivity index (χ4n) is 2.35. The summed E-state index contributed by atoms with van der Waals surface area (Å²) in [6, 6.07) is 6.43. The van der Waals surface area contributed by atoms with Crippen molar-refractivity contribution in [1.82, 2.24) is 15.6 Å². The summed E-state index contributed by atoms with van der Waals surface area (Å²) >= 11 is 0. The van der Waals surface area contributed by atoms with E-state index in [4.69, 9.17) is 0 Å². The molecule has 19 heavy (non-hydrogen) atoms. The molecule has 5 heteroatoms. The fraction of sp³-hybridized carbons (Fsp3) is 0.571. The van der Waals surface area contributed by atoms with Crippen LogP contribution in [-0.2, 0) is 4.79 Å². The number of hydrogen-bond acceptors (Lipinski definition) is 4. The highest BCUT2D eigenvalue weighted by molar-refractivity contribution is 5.77. The lowest BCUT2D eigenvalue weighted by molar-refractivity contribution is -0.120. The molecule has 0 unspecified atom stereocenters. The highest BCUT2D eigenvalue weighted by Crippen LogP contribution is 2.16. The molecule has 1 aliphatic heterocycles. The highest BCUT2D eigenvalue weighted by atomic mass is 16.1. The third-order valence-corrected chi connectivity index (χ3v) is 3.39. The molecule has 0 spiro atoms. The summed E-state index contributed by atoms with van der Waals surface area (Å²) in [6.07, 6.45) is 3.93. The van der Waals surface area contributed by atoms with Crippen molar-refractivity contribution in [3.05, 3.63) is 24.4 Å². The average molecular weight is 262 g/mol. The molecule has 1 fully saturated rings. The topological polar surface area (TPSA) is 57.3 Å². The van der Waals surface area contributed by atoms with Gasteiger partial charge in [-0.3, -0.25) is 4.79 Å². The number of likely N-dealkylation sites (N-methyl/N-ethyl adjacent to an activating group) is 1. The Kier molecular flexibility index (Phi) is 5.15. The van der Waals surface area contributed by atoms with Gasteiger partial charge in [0.2, 0.25) is 5.91 Å². The molecule has 1 aromatic rings. The van der Waals surface area contributed by atoms with Crippen molar-refractivity contribution in [3.8, 4) is 0 Å². The van der Waals surface area contributed by atoms with E-state index < -0.39 is 0 Å². The molecule has 1 aromatic heterocycles. The summed E-state index contributed by atoms with van der Waals surface area (Å²) in [7, 11) is 0. The quantitative estimate of drug-likeness (QED) is 0.823. The van der Waals surface area contributed by atoms with Crippen LogP contribution in [0, 0.1) is 0 Å². The van der Waals surface area contributed by atoms with Crippen LogP contribution in [0.1, 0.15) is 19.8 Å². The summed E-state index contributed by atoms with van der Waals surface area (Å²) < 4.78 is 0. The monoisotopic (exact) mass is 262 g/mol. The van der Waals surface area contributed by atoms with E-state index in [9.17, 15) is 4.79 Å². The zero-order chi connectivity index (χ0) is 13.5. The molecule has 0 aliphatic carbocycles. The summed E-state index contributed by atoms with van der Waals surface area (Å²) in [5.41, 5.74) is 0. The average Bonchev–Trinajstić information content (AvgIpc) is 2.47. The molecule has 0 saturated carbocycles. The second kappa shape index (κ2) is 7.09. The van der Waals surface area contributed by atoms with Crippen LogP contribution in [0.5, 0.6) is 0 Å². The molecule has 2 rings (SSSR count). The van der Waals surface area contributed by atoms with Gasteiger partial charge in [-0.1, -0.05) is 6.07 Å². The van der Waals surface area contributed by atoms with Crippen LogP contribution in [0.15, 0.2) is 24.4 Å². The van der Waals surface area contributed by atoms with Crippen molar-refractivity contribution >= 4 is 11.7 Å². The molecule has 1 aliphatic rings. The second-order valence-corrected chi connectivity index (χ2v) is 4.78. The van der Waals surface area contributed by atoms with Gasteiger partial charge in [-0.15, -0.1) is 0 Å². The number of piperidine rings is 1. The first kappa shape index (κ1) is 13.8. The fourth-order valence-corrected chi connectivity index (χ4v) is 2.35. The van der Waals surface area contributed by atoms with E-state index in [2.05, 4.69) is 20.5 Å². The third-order valence-electron chi connectivity index (χ3n) is 3.39. The van der Waals surface area contributed by atoms with E-state index in [1.165, 1.54) is 0 Å². The number of anilines is 1. The zero-order valence-electron chi connectivity index (χ0n) is 11.4. The molecule has 0 bridgehead atoms. The van der Waals surface area contributed by atoms with Crippen molar-refractivity contribution in [2.75, 3.05) is 31.1 Å². The van der Waals surface area contributed by atoms with E-state index in [1.54, 1.807) is 0 Å². The number of hydrogen-bond donors (Lipinski definition) is 2. The molecule has 1 saturated heterocycles. The van der Waals surface area contributed by atoms with Crippen LogP contribution < -0.4 is 15.5 Å². The molecule has 2 heterocycles. The maximum absolute atomic E-state index is 11.4. The third kappa shape index (κ3) is 4.21. The van der Waals surface area contributed by atoms with Crippen LogP contribution in [0.2, 0.25) is 0 Å². The lowest BCUT2D eigenvalue weighted by Gasteiger charge is -2.33. The Morgan fingerprint density at radius 1 is 1.42 bits per heavy atom. The molecule has 0 atom stereocenters. The van der Waals surface area contributed by atoms with Crippen LogP contribution in [0.4, 0.5) is 5.82 Å². The van der Waals surface area contributed by atoms with Crippen molar-refractivity contribution in [2.45, 2.75) is 25.8 Å². The van der Waals surface area contributed by atoms with E-state index in [0.29, 0.717) is 19.1 Å². The Bertz CT molecular complexity index is 388. The second-order valence-electron chi connectivity index (χ2n) is 4.78. The molecule has 1 amide bonds. The van der Waals surface area contributed by atoms with Crippen LogP contribution >= 0.6 is 0 Å². The molecular weight excluding hydrogens is 240 g/mol. The minimum absolute atomic E-state index is 0.0784. The van der Waals surface area contributed by atoms with E-state index in [-0.39, 0.29) is 5.91 Å². The first-order valence-electron chi connectivity index (χ1n) is 6.95. The summed E-state index contributed by atoms with van der Waals surface area (Å²) in [6.45, 7) is 5.03. The Labute approximate surface area is 114 Å². The van der Waals surface area contributed by atoms with Gasteiger partial charge in [-0.25, -0.2) is 4.98 Å². The molecule has 104 valence electrons. The van der Waals surface area contributed by atoms with Gasteiger partial charge < -0.3 is 15.5 Å². The predicted octanol–water partition coefficient (Wildman–Crippen LogP) is 0.776. The van der Waals surface area contributed by atoms with Gasteiger partial charge in [0.05, 0.1) is 6.54 Å². The summed E-state index contributed by atoms with van der Waals surface area (Å²) in [5.74, 6) is 1.12. The lowest BCUT2D eigenvalue weighted by Crippen LogP contribution is -2.45.